The molecule has 0 unspecified atom stereocenters. The topological polar surface area (TPSA) is 57.3 Å². The first-order chi connectivity index (χ1) is 21.5. The Morgan fingerprint density at radius 3 is 2.22 bits per heavy atom. The molecule has 3 heterocycles. The molecular weight excluding hydrogens is 577 g/mol. The molecule has 0 N–H and O–H groups in total. The number of fused-ring (bicyclic) bond motifs is 2. The van der Waals surface area contributed by atoms with Gasteiger partial charge in [0.2, 0.25) is 5.89 Å². The van der Waals surface area contributed by atoms with Crippen LogP contribution in [0.4, 0.5) is 13.2 Å². The summed E-state index contributed by atoms with van der Waals surface area (Å²) in [7, 11) is 0. The van der Waals surface area contributed by atoms with Gasteiger partial charge in [-0.3, -0.25) is 4.79 Å². The van der Waals surface area contributed by atoms with Gasteiger partial charge in [0, 0.05) is 27.7 Å². The summed E-state index contributed by atoms with van der Waals surface area (Å²) in [6.07, 6.45) is 0.288. The highest BCUT2D eigenvalue weighted by atomic mass is 19.4. The third-order valence-corrected chi connectivity index (χ3v) is 8.56. The van der Waals surface area contributed by atoms with Crippen LogP contribution in [0.3, 0.4) is 0 Å². The highest BCUT2D eigenvalue weighted by Crippen LogP contribution is 2.43. The molecule has 0 bridgehead atoms. The lowest BCUT2D eigenvalue weighted by atomic mass is 9.85. The summed E-state index contributed by atoms with van der Waals surface area (Å²) in [6.45, 7) is 10.9. The van der Waals surface area contributed by atoms with Gasteiger partial charge in [-0.15, -0.1) is 0 Å². The number of Topliss-reactive ketones (excluding diaryl/α,β-unsaturated/α-hetero) is 1. The normalized spacial score (nSPS) is 13.9. The average Bonchev–Trinajstić information content (AvgIpc) is 3.65. The van der Waals surface area contributed by atoms with Crippen LogP contribution in [0.1, 0.15) is 90.7 Å². The van der Waals surface area contributed by atoms with Gasteiger partial charge in [-0.2, -0.15) is 13.2 Å². The Morgan fingerprint density at radius 2 is 1.58 bits per heavy atom. The van der Waals surface area contributed by atoms with Gasteiger partial charge in [-0.1, -0.05) is 69.2 Å². The molecule has 0 atom stereocenters. The van der Waals surface area contributed by atoms with Crippen molar-refractivity contribution in [3.8, 4) is 11.5 Å². The van der Waals surface area contributed by atoms with Crippen LogP contribution < -0.4 is 0 Å². The lowest BCUT2D eigenvalue weighted by Crippen LogP contribution is -2.24. The highest BCUT2D eigenvalue weighted by Gasteiger charge is 2.38. The van der Waals surface area contributed by atoms with Crippen molar-refractivity contribution in [1.82, 2.24) is 9.55 Å². The number of halogens is 3. The van der Waals surface area contributed by atoms with Gasteiger partial charge in [0.05, 0.1) is 24.3 Å². The van der Waals surface area contributed by atoms with Crippen molar-refractivity contribution in [2.45, 2.75) is 85.2 Å². The molecule has 0 amide bonds. The molecule has 5 nitrogen and oxygen atoms in total. The second kappa shape index (κ2) is 13.1. The van der Waals surface area contributed by atoms with Gasteiger partial charge in [0.15, 0.2) is 5.78 Å². The maximum Gasteiger partial charge on any atom is 0.416 e. The van der Waals surface area contributed by atoms with E-state index in [4.69, 9.17) is 9.15 Å². The van der Waals surface area contributed by atoms with Crippen molar-refractivity contribution in [2.75, 3.05) is 0 Å². The van der Waals surface area contributed by atoms with Gasteiger partial charge in [0.25, 0.3) is 0 Å². The first-order valence-corrected chi connectivity index (χ1v) is 15.4. The van der Waals surface area contributed by atoms with E-state index in [9.17, 15) is 18.0 Å². The van der Waals surface area contributed by atoms with Crippen LogP contribution in [-0.4, -0.2) is 15.3 Å². The number of rotatable bonds is 8. The van der Waals surface area contributed by atoms with Crippen molar-refractivity contribution in [3.63, 3.8) is 0 Å². The Balaban J connectivity index is 0.000000223. The van der Waals surface area contributed by atoms with Gasteiger partial charge in [0.1, 0.15) is 11.5 Å². The molecule has 8 heteroatoms. The molecular formula is C37H39F3N2O3. The molecule has 236 valence electrons. The maximum absolute atomic E-state index is 12.8. The van der Waals surface area contributed by atoms with E-state index >= 15 is 0 Å². The predicted molar refractivity (Wildman–Crippen MR) is 170 cm³/mol. The number of benzene rings is 3. The number of carbonyl (C=O) groups is 1. The zero-order valence-electron chi connectivity index (χ0n) is 26.4. The van der Waals surface area contributed by atoms with Crippen molar-refractivity contribution in [2.24, 2.45) is 0 Å². The smallest absolute Gasteiger partial charge is 0.416 e. The number of oxazole rings is 1. The molecule has 45 heavy (non-hydrogen) atoms. The summed E-state index contributed by atoms with van der Waals surface area (Å²) >= 11 is 0. The standard InChI is InChI=1S/C23H19F3N2O2.C14H20O/c1-13-21(14(2)29)18-6-4-5-7-20(18)28(13)12-19-15(3)30-22(27-19)16-8-10-17(11-9-16)23(24,25)26;1-3-9-14(10-4-2)13-8-6-5-7-12(13)11-15-14/h4-11H,12H2,1-3H3;5-8H,3-4,9-11H2,1-2H3. The largest absolute Gasteiger partial charge is 0.441 e. The second-order valence-corrected chi connectivity index (χ2v) is 11.7. The van der Waals surface area contributed by atoms with E-state index in [1.807, 2.05) is 35.8 Å². The molecule has 0 saturated heterocycles. The summed E-state index contributed by atoms with van der Waals surface area (Å²) in [5.41, 5.74) is 5.68. The minimum atomic E-state index is -4.39. The number of aryl methyl sites for hydroxylation is 1. The Kier molecular flexibility index (Phi) is 9.35. The van der Waals surface area contributed by atoms with E-state index in [1.54, 1.807) is 13.8 Å². The van der Waals surface area contributed by atoms with Crippen molar-refractivity contribution in [3.05, 3.63) is 112 Å². The summed E-state index contributed by atoms with van der Waals surface area (Å²) in [4.78, 5) is 16.7. The minimum absolute atomic E-state index is 0.00947. The van der Waals surface area contributed by atoms with E-state index in [-0.39, 0.29) is 17.3 Å². The van der Waals surface area contributed by atoms with Crippen LogP contribution >= 0.6 is 0 Å². The molecule has 6 rings (SSSR count). The van der Waals surface area contributed by atoms with Gasteiger partial charge in [-0.25, -0.2) is 4.98 Å². The SMILES string of the molecule is CC(=O)c1c(C)n(Cc2nc(-c3ccc(C(F)(F)F)cc3)oc2C)c2ccccc12.CCCC1(CCC)OCc2ccccc21. The molecule has 0 fully saturated rings. The molecule has 1 aliphatic heterocycles. The van der Waals surface area contributed by atoms with Gasteiger partial charge in [-0.05, 0) is 75.1 Å². The highest BCUT2D eigenvalue weighted by molar-refractivity contribution is 6.08. The van der Waals surface area contributed by atoms with Crippen molar-refractivity contribution in [1.29, 1.82) is 0 Å². The molecule has 0 radical (unpaired) electrons. The van der Waals surface area contributed by atoms with Gasteiger partial charge >= 0.3 is 6.18 Å². The average molecular weight is 617 g/mol. The number of hydrogen-bond donors (Lipinski definition) is 0. The van der Waals surface area contributed by atoms with Gasteiger partial charge < -0.3 is 13.7 Å². The lowest BCUT2D eigenvalue weighted by Gasteiger charge is -2.29. The fourth-order valence-corrected chi connectivity index (χ4v) is 6.46. The molecule has 1 aliphatic rings. The van der Waals surface area contributed by atoms with E-state index in [0.29, 0.717) is 29.1 Å². The minimum Gasteiger partial charge on any atom is -0.441 e. The molecule has 0 aliphatic carbocycles. The third-order valence-electron chi connectivity index (χ3n) is 8.56. The molecule has 0 spiro atoms. The summed E-state index contributed by atoms with van der Waals surface area (Å²) < 4.78 is 52.2. The number of carbonyl (C=O) groups excluding carboxylic acids is 1. The van der Waals surface area contributed by atoms with Crippen LogP contribution in [0.15, 0.2) is 77.2 Å². The predicted octanol–water partition coefficient (Wildman–Crippen LogP) is 10.2. The first-order valence-electron chi connectivity index (χ1n) is 15.4. The zero-order chi connectivity index (χ0) is 32.4. The van der Waals surface area contributed by atoms with E-state index in [0.717, 1.165) is 48.2 Å². The number of nitrogens with zero attached hydrogens (tertiary/aromatic N) is 2. The fourth-order valence-electron chi connectivity index (χ4n) is 6.46. The number of ketones is 1. The lowest BCUT2D eigenvalue weighted by molar-refractivity contribution is -0.137. The number of aromatic nitrogens is 2. The number of para-hydroxylation sites is 1. The first kappa shape index (κ1) is 32.2. The summed E-state index contributed by atoms with van der Waals surface area (Å²) in [6, 6.07) is 21.1. The molecule has 5 aromatic rings. The van der Waals surface area contributed by atoms with Crippen LogP contribution in [-0.2, 0) is 29.7 Å². The maximum atomic E-state index is 12.8. The Labute approximate surface area is 262 Å². The van der Waals surface area contributed by atoms with Crippen LogP contribution in [0, 0.1) is 13.8 Å². The summed E-state index contributed by atoms with van der Waals surface area (Å²) in [5, 5.41) is 0.881. The van der Waals surface area contributed by atoms with Crippen molar-refractivity contribution >= 4 is 16.7 Å². The summed E-state index contributed by atoms with van der Waals surface area (Å²) in [5.74, 6) is 0.827. The van der Waals surface area contributed by atoms with E-state index in [1.165, 1.54) is 36.1 Å². The van der Waals surface area contributed by atoms with E-state index in [2.05, 4.69) is 43.1 Å². The quantitative estimate of drug-likeness (QED) is 0.163. The fraction of sp³-hybridized carbons (Fsp3) is 0.351. The Bertz CT molecular complexity index is 1790. The van der Waals surface area contributed by atoms with Crippen molar-refractivity contribution < 1.29 is 27.1 Å². The monoisotopic (exact) mass is 616 g/mol. The van der Waals surface area contributed by atoms with E-state index < -0.39 is 11.7 Å². The van der Waals surface area contributed by atoms with Crippen LogP contribution in [0.2, 0.25) is 0 Å². The Hall–Kier alpha value is -4.17. The zero-order valence-corrected chi connectivity index (χ0v) is 26.4. The number of ether oxygens (including phenoxy) is 1. The molecule has 3 aromatic carbocycles. The second-order valence-electron chi connectivity index (χ2n) is 11.7. The number of hydrogen-bond acceptors (Lipinski definition) is 4. The van der Waals surface area contributed by atoms with Crippen LogP contribution in [0.5, 0.6) is 0 Å². The Morgan fingerprint density at radius 1 is 0.933 bits per heavy atom. The third kappa shape index (κ3) is 6.47. The van der Waals surface area contributed by atoms with Crippen LogP contribution in [0.25, 0.3) is 22.4 Å². The molecule has 2 aromatic heterocycles. The molecule has 0 saturated carbocycles. The number of alkyl halides is 3.